The summed E-state index contributed by atoms with van der Waals surface area (Å²) < 4.78 is 0. The lowest BCUT2D eigenvalue weighted by molar-refractivity contribution is -0.121. The summed E-state index contributed by atoms with van der Waals surface area (Å²) in [5, 5.41) is 19.5. The molecule has 2 aromatic carbocycles. The normalized spacial score (nSPS) is 16.2. The van der Waals surface area contributed by atoms with Crippen molar-refractivity contribution < 1.29 is 14.7 Å². The molecule has 1 atom stereocenters. The zero-order valence-corrected chi connectivity index (χ0v) is 16.3. The molecule has 0 saturated carbocycles. The molecule has 4 N–H and O–H groups in total. The van der Waals surface area contributed by atoms with Crippen molar-refractivity contribution in [3.63, 3.8) is 0 Å². The molecular formula is C19H19Cl2N3O3. The number of carbonyl (C=O) groups excluding carboxylic acids is 2. The van der Waals surface area contributed by atoms with E-state index in [1.807, 2.05) is 0 Å². The topological polar surface area (TPSA) is 90.5 Å². The summed E-state index contributed by atoms with van der Waals surface area (Å²) in [5.74, 6) is -0.692. The molecule has 1 unspecified atom stereocenters. The van der Waals surface area contributed by atoms with Crippen LogP contribution >= 0.6 is 23.2 Å². The van der Waals surface area contributed by atoms with Crippen LogP contribution in [0.1, 0.15) is 29.8 Å². The number of rotatable bonds is 4. The Morgan fingerprint density at radius 3 is 2.48 bits per heavy atom. The molecule has 0 bridgehead atoms. The maximum atomic E-state index is 12.5. The smallest absolute Gasteiger partial charge is 0.251 e. The van der Waals surface area contributed by atoms with Gasteiger partial charge in [0.25, 0.3) is 5.91 Å². The number of halogens is 2. The van der Waals surface area contributed by atoms with Gasteiger partial charge in [0, 0.05) is 27.7 Å². The Morgan fingerprint density at radius 1 is 1.19 bits per heavy atom. The van der Waals surface area contributed by atoms with Crippen LogP contribution in [0.2, 0.25) is 10.0 Å². The number of hydrogen-bond donors (Lipinski definition) is 4. The van der Waals surface area contributed by atoms with Gasteiger partial charge < -0.3 is 21.1 Å². The second kappa shape index (κ2) is 7.38. The van der Waals surface area contributed by atoms with Crippen molar-refractivity contribution in [3.05, 3.63) is 57.6 Å². The molecule has 8 heteroatoms. The quantitative estimate of drug-likeness (QED) is 0.624. The van der Waals surface area contributed by atoms with Crippen LogP contribution in [0.15, 0.2) is 36.4 Å². The van der Waals surface area contributed by atoms with E-state index in [9.17, 15) is 14.7 Å². The number of nitrogens with one attached hydrogen (secondary N) is 3. The maximum absolute atomic E-state index is 12.5. The molecule has 142 valence electrons. The molecule has 0 aromatic heterocycles. The van der Waals surface area contributed by atoms with E-state index in [4.69, 9.17) is 23.2 Å². The van der Waals surface area contributed by atoms with Crippen molar-refractivity contribution in [3.8, 4) is 0 Å². The monoisotopic (exact) mass is 407 g/mol. The molecule has 27 heavy (non-hydrogen) atoms. The van der Waals surface area contributed by atoms with Crippen molar-refractivity contribution in [2.45, 2.75) is 32.0 Å². The minimum atomic E-state index is -1.23. The van der Waals surface area contributed by atoms with Gasteiger partial charge in [-0.15, -0.1) is 0 Å². The van der Waals surface area contributed by atoms with E-state index in [0.717, 1.165) is 0 Å². The number of fused-ring (bicyclic) bond motifs is 1. The van der Waals surface area contributed by atoms with Crippen LogP contribution in [-0.4, -0.2) is 28.6 Å². The lowest BCUT2D eigenvalue weighted by atomic mass is 9.95. The first-order valence-corrected chi connectivity index (χ1v) is 9.07. The number of aliphatic hydroxyl groups is 1. The Hall–Kier alpha value is -2.28. The van der Waals surface area contributed by atoms with Gasteiger partial charge in [-0.3, -0.25) is 9.59 Å². The van der Waals surface area contributed by atoms with E-state index in [1.165, 1.54) is 0 Å². The molecule has 3 rings (SSSR count). The van der Waals surface area contributed by atoms with E-state index < -0.39 is 11.6 Å². The predicted octanol–water partition coefficient (Wildman–Crippen LogP) is 3.43. The minimum absolute atomic E-state index is 0.180. The van der Waals surface area contributed by atoms with E-state index in [-0.39, 0.29) is 18.4 Å². The van der Waals surface area contributed by atoms with E-state index in [1.54, 1.807) is 50.2 Å². The first kappa shape index (κ1) is 19.5. The lowest BCUT2D eigenvalue weighted by Gasteiger charge is -2.34. The van der Waals surface area contributed by atoms with Crippen LogP contribution in [0.4, 0.5) is 11.4 Å². The van der Waals surface area contributed by atoms with E-state index >= 15 is 0 Å². The number of amides is 2. The Bertz CT molecular complexity index is 889. The van der Waals surface area contributed by atoms with E-state index in [2.05, 4.69) is 16.0 Å². The highest BCUT2D eigenvalue weighted by molar-refractivity contribution is 6.36. The first-order chi connectivity index (χ1) is 12.7. The molecule has 6 nitrogen and oxygen atoms in total. The van der Waals surface area contributed by atoms with Gasteiger partial charge >= 0.3 is 0 Å². The minimum Gasteiger partial charge on any atom is -0.388 e. The van der Waals surface area contributed by atoms with Crippen LogP contribution in [0.3, 0.4) is 0 Å². The van der Waals surface area contributed by atoms with Crippen molar-refractivity contribution >= 4 is 46.4 Å². The largest absolute Gasteiger partial charge is 0.388 e. The average molecular weight is 408 g/mol. The van der Waals surface area contributed by atoms with Gasteiger partial charge in [-0.25, -0.2) is 0 Å². The van der Waals surface area contributed by atoms with Gasteiger partial charge in [0.15, 0.2) is 0 Å². The summed E-state index contributed by atoms with van der Waals surface area (Å²) in [5.41, 5.74) is 0.888. The average Bonchev–Trinajstić information content (AvgIpc) is 2.59. The SMILES string of the molecule is CC(C)(O)C1Nc2ccc(C(=O)NCc3c(Cl)cccc3Cl)cc2NC1=O. The molecule has 1 heterocycles. The molecule has 0 spiro atoms. The summed E-state index contributed by atoms with van der Waals surface area (Å²) in [6.07, 6.45) is 0. The Morgan fingerprint density at radius 2 is 1.85 bits per heavy atom. The molecule has 0 saturated heterocycles. The van der Waals surface area contributed by atoms with Gasteiger partial charge in [-0.2, -0.15) is 0 Å². The van der Waals surface area contributed by atoms with Crippen LogP contribution < -0.4 is 16.0 Å². The second-order valence-electron chi connectivity index (χ2n) is 6.86. The van der Waals surface area contributed by atoms with Crippen LogP contribution in [0, 0.1) is 0 Å². The van der Waals surface area contributed by atoms with Crippen molar-refractivity contribution in [2.24, 2.45) is 0 Å². The fraction of sp³-hybridized carbons (Fsp3) is 0.263. The molecule has 0 radical (unpaired) electrons. The number of carbonyl (C=O) groups is 2. The highest BCUT2D eigenvalue weighted by atomic mass is 35.5. The molecule has 0 aliphatic carbocycles. The van der Waals surface area contributed by atoms with Crippen LogP contribution in [0.25, 0.3) is 0 Å². The highest BCUT2D eigenvalue weighted by Crippen LogP contribution is 2.31. The highest BCUT2D eigenvalue weighted by Gasteiger charge is 2.37. The van der Waals surface area contributed by atoms with Crippen molar-refractivity contribution in [2.75, 3.05) is 10.6 Å². The fourth-order valence-electron chi connectivity index (χ4n) is 2.81. The molecule has 2 amide bonds. The number of hydrogen-bond acceptors (Lipinski definition) is 4. The summed E-state index contributed by atoms with van der Waals surface area (Å²) >= 11 is 12.2. The third-order valence-electron chi connectivity index (χ3n) is 4.30. The van der Waals surface area contributed by atoms with Gasteiger partial charge in [0.05, 0.1) is 17.0 Å². The first-order valence-electron chi connectivity index (χ1n) is 8.32. The van der Waals surface area contributed by atoms with Gasteiger partial charge in [0.1, 0.15) is 6.04 Å². The second-order valence-corrected chi connectivity index (χ2v) is 7.68. The number of benzene rings is 2. The summed E-state index contributed by atoms with van der Waals surface area (Å²) in [6.45, 7) is 3.29. The van der Waals surface area contributed by atoms with E-state index in [0.29, 0.717) is 32.5 Å². The summed E-state index contributed by atoms with van der Waals surface area (Å²) in [7, 11) is 0. The Balaban J connectivity index is 1.75. The lowest BCUT2D eigenvalue weighted by Crippen LogP contribution is -2.52. The third kappa shape index (κ3) is 4.18. The Labute approximate surface area is 166 Å². The van der Waals surface area contributed by atoms with Gasteiger partial charge in [-0.05, 0) is 44.2 Å². The number of anilines is 2. The third-order valence-corrected chi connectivity index (χ3v) is 5.00. The molecule has 0 fully saturated rings. The zero-order chi connectivity index (χ0) is 19.8. The molecular weight excluding hydrogens is 389 g/mol. The zero-order valence-electron chi connectivity index (χ0n) is 14.8. The predicted molar refractivity (Wildman–Crippen MR) is 106 cm³/mol. The fourth-order valence-corrected chi connectivity index (χ4v) is 3.34. The standard InChI is InChI=1S/C19H19Cl2N3O3/c1-19(2,27)16-18(26)24-15-8-10(6-7-14(15)23-16)17(25)22-9-11-12(20)4-3-5-13(11)21/h3-8,16,23,27H,9H2,1-2H3,(H,22,25)(H,24,26). The molecule has 1 aliphatic rings. The van der Waals surface area contributed by atoms with Crippen LogP contribution in [0.5, 0.6) is 0 Å². The van der Waals surface area contributed by atoms with Crippen molar-refractivity contribution in [1.82, 2.24) is 5.32 Å². The van der Waals surface area contributed by atoms with Gasteiger partial charge in [-0.1, -0.05) is 29.3 Å². The summed E-state index contributed by atoms with van der Waals surface area (Å²) in [6, 6.07) is 9.24. The molecule has 2 aromatic rings. The van der Waals surface area contributed by atoms with Crippen LogP contribution in [-0.2, 0) is 11.3 Å². The maximum Gasteiger partial charge on any atom is 0.251 e. The molecule has 1 aliphatic heterocycles. The Kier molecular flexibility index (Phi) is 5.33. The van der Waals surface area contributed by atoms with Crippen molar-refractivity contribution in [1.29, 1.82) is 0 Å². The van der Waals surface area contributed by atoms with Gasteiger partial charge in [0.2, 0.25) is 5.91 Å². The summed E-state index contributed by atoms with van der Waals surface area (Å²) in [4.78, 5) is 24.7.